The van der Waals surface area contributed by atoms with Crippen LogP contribution in [-0.2, 0) is 0 Å². The Balaban J connectivity index is 1.36. The average Bonchev–Trinajstić information content (AvgIpc) is 3.05. The lowest BCUT2D eigenvalue weighted by Gasteiger charge is -2.18. The molecular weight excluding hydrogens is 549 g/mol. The van der Waals surface area contributed by atoms with Gasteiger partial charge in [0, 0.05) is 11.3 Å². The molecule has 1 aliphatic carbocycles. The summed E-state index contributed by atoms with van der Waals surface area (Å²) in [6.45, 7) is 2.16. The Morgan fingerprint density at radius 1 is 0.659 bits per heavy atom. The Morgan fingerprint density at radius 2 is 1.30 bits per heavy atom. The Kier molecular flexibility index (Phi) is 7.76. The number of allylic oxidation sites excluding steroid dienone is 8. The van der Waals surface area contributed by atoms with Crippen LogP contribution in [0, 0.1) is 17.8 Å². The maximum Gasteiger partial charge on any atom is 0.0692 e. The SMILES string of the molecule is C/C(=C\C=C(/S)C1C#CC/C=C\C=C/1)c1cccc(-c2c3ccccc3c(-c3ccc4ccccc4c3)c3ccccc23)c1. The molecule has 7 rings (SSSR count). The standard InChI is InChI=1S/C43H32S/c1-30(24-27-41(44)32-15-5-3-2-4-6-16-32)33-18-13-19-35(28-33)42-37-20-9-11-22-39(37)43(40-23-12-10-21-38(40)42)36-26-25-31-14-7-8-17-34(31)29-36/h2-3,5,7-15,17-29,32,44H,4H2,1H3/b3-2-,15-5-,30-24+,41-27-. The summed E-state index contributed by atoms with van der Waals surface area (Å²) in [5.74, 6) is 6.54. The minimum Gasteiger partial charge on any atom is -0.146 e. The maximum atomic E-state index is 4.80. The van der Waals surface area contributed by atoms with Crippen molar-refractivity contribution < 1.29 is 0 Å². The van der Waals surface area contributed by atoms with Crippen molar-refractivity contribution in [1.29, 1.82) is 0 Å². The first-order valence-corrected chi connectivity index (χ1v) is 15.5. The predicted octanol–water partition coefficient (Wildman–Crippen LogP) is 11.8. The van der Waals surface area contributed by atoms with E-state index < -0.39 is 0 Å². The van der Waals surface area contributed by atoms with Gasteiger partial charge in [-0.25, -0.2) is 0 Å². The molecule has 6 aromatic rings. The zero-order valence-electron chi connectivity index (χ0n) is 24.7. The molecule has 0 aromatic heterocycles. The van der Waals surface area contributed by atoms with Crippen LogP contribution in [0.15, 0.2) is 157 Å². The molecule has 0 nitrogen and oxygen atoms in total. The molecule has 0 fully saturated rings. The molecule has 1 aliphatic rings. The number of rotatable bonds is 5. The van der Waals surface area contributed by atoms with Crippen molar-refractivity contribution >= 4 is 50.5 Å². The normalized spacial score (nSPS) is 16.7. The quantitative estimate of drug-likeness (QED) is 0.0891. The van der Waals surface area contributed by atoms with Gasteiger partial charge in [-0.2, -0.15) is 0 Å². The van der Waals surface area contributed by atoms with Crippen LogP contribution in [0.5, 0.6) is 0 Å². The predicted molar refractivity (Wildman–Crippen MR) is 195 cm³/mol. The number of fused-ring (bicyclic) bond motifs is 3. The average molecular weight is 581 g/mol. The molecule has 1 atom stereocenters. The second-order valence-corrected chi connectivity index (χ2v) is 11.8. The summed E-state index contributed by atoms with van der Waals surface area (Å²) in [4.78, 5) is 0.945. The zero-order valence-corrected chi connectivity index (χ0v) is 25.6. The molecule has 0 saturated heterocycles. The fraction of sp³-hybridized carbons (Fsp3) is 0.0698. The molecule has 6 aromatic carbocycles. The van der Waals surface area contributed by atoms with Crippen molar-refractivity contribution in [2.45, 2.75) is 13.3 Å². The lowest BCUT2D eigenvalue weighted by Crippen LogP contribution is -1.93. The molecule has 0 saturated carbocycles. The lowest BCUT2D eigenvalue weighted by molar-refractivity contribution is 1.09. The molecule has 0 radical (unpaired) electrons. The van der Waals surface area contributed by atoms with E-state index in [4.69, 9.17) is 12.6 Å². The van der Waals surface area contributed by atoms with E-state index in [1.807, 2.05) is 0 Å². The summed E-state index contributed by atoms with van der Waals surface area (Å²) in [6.07, 6.45) is 13.3. The van der Waals surface area contributed by atoms with E-state index in [-0.39, 0.29) is 5.92 Å². The highest BCUT2D eigenvalue weighted by Gasteiger charge is 2.17. The molecular formula is C43H32S. The Labute approximate surface area is 265 Å². The highest BCUT2D eigenvalue weighted by Crippen LogP contribution is 2.44. The Bertz CT molecular complexity index is 2170. The zero-order chi connectivity index (χ0) is 29.9. The molecule has 1 unspecified atom stereocenters. The molecule has 0 bridgehead atoms. The minimum absolute atomic E-state index is 0.0116. The third kappa shape index (κ3) is 5.42. The van der Waals surface area contributed by atoms with E-state index in [2.05, 4.69) is 170 Å². The van der Waals surface area contributed by atoms with Crippen LogP contribution >= 0.6 is 12.6 Å². The van der Waals surface area contributed by atoms with Crippen molar-refractivity contribution in [3.8, 4) is 34.1 Å². The molecule has 0 N–H and O–H groups in total. The van der Waals surface area contributed by atoms with Gasteiger partial charge in [0.15, 0.2) is 0 Å². The first-order chi connectivity index (χ1) is 21.7. The smallest absolute Gasteiger partial charge is 0.0692 e. The first kappa shape index (κ1) is 27.8. The van der Waals surface area contributed by atoms with Gasteiger partial charge in [-0.15, -0.1) is 12.6 Å². The Hall–Kier alpha value is -5.03. The van der Waals surface area contributed by atoms with Crippen LogP contribution in [0.1, 0.15) is 18.9 Å². The van der Waals surface area contributed by atoms with Crippen LogP contribution in [0.3, 0.4) is 0 Å². The van der Waals surface area contributed by atoms with Gasteiger partial charge in [0.05, 0.1) is 5.92 Å². The monoisotopic (exact) mass is 580 g/mol. The third-order valence-electron chi connectivity index (χ3n) is 8.43. The van der Waals surface area contributed by atoms with Crippen LogP contribution in [0.2, 0.25) is 0 Å². The highest BCUT2D eigenvalue weighted by atomic mass is 32.1. The van der Waals surface area contributed by atoms with Crippen molar-refractivity contribution in [3.05, 3.63) is 162 Å². The number of thiol groups is 1. The number of hydrogen-bond donors (Lipinski definition) is 1. The van der Waals surface area contributed by atoms with Crippen LogP contribution in [0.25, 0.3) is 60.1 Å². The maximum absolute atomic E-state index is 4.80. The van der Waals surface area contributed by atoms with Crippen molar-refractivity contribution in [3.63, 3.8) is 0 Å². The van der Waals surface area contributed by atoms with Crippen LogP contribution in [-0.4, -0.2) is 0 Å². The van der Waals surface area contributed by atoms with Gasteiger partial charge in [0.1, 0.15) is 0 Å². The summed E-state index contributed by atoms with van der Waals surface area (Å²) in [5, 5.41) is 7.56. The van der Waals surface area contributed by atoms with Gasteiger partial charge in [-0.05, 0) is 84.8 Å². The Morgan fingerprint density at radius 3 is 2.00 bits per heavy atom. The third-order valence-corrected chi connectivity index (χ3v) is 8.85. The van der Waals surface area contributed by atoms with Gasteiger partial charge in [0.25, 0.3) is 0 Å². The second-order valence-electron chi connectivity index (χ2n) is 11.2. The van der Waals surface area contributed by atoms with Gasteiger partial charge in [-0.1, -0.05) is 151 Å². The van der Waals surface area contributed by atoms with E-state index in [1.54, 1.807) is 0 Å². The summed E-state index contributed by atoms with van der Waals surface area (Å²) in [7, 11) is 0. The second kappa shape index (κ2) is 12.3. The minimum atomic E-state index is 0.0116. The molecule has 0 spiro atoms. The molecule has 210 valence electrons. The summed E-state index contributed by atoms with van der Waals surface area (Å²) >= 11 is 4.80. The topological polar surface area (TPSA) is 0 Å². The van der Waals surface area contributed by atoms with Crippen molar-refractivity contribution in [2.24, 2.45) is 5.92 Å². The summed E-state index contributed by atoms with van der Waals surface area (Å²) in [6, 6.07) is 42.0. The van der Waals surface area contributed by atoms with Crippen molar-refractivity contribution in [2.75, 3.05) is 0 Å². The van der Waals surface area contributed by atoms with E-state index in [0.29, 0.717) is 0 Å². The van der Waals surface area contributed by atoms with Gasteiger partial charge in [0.2, 0.25) is 0 Å². The molecule has 0 aliphatic heterocycles. The molecule has 0 heterocycles. The lowest BCUT2D eigenvalue weighted by atomic mass is 9.85. The highest BCUT2D eigenvalue weighted by molar-refractivity contribution is 7.84. The van der Waals surface area contributed by atoms with E-state index in [0.717, 1.165) is 11.3 Å². The molecule has 44 heavy (non-hydrogen) atoms. The van der Waals surface area contributed by atoms with E-state index in [9.17, 15) is 0 Å². The van der Waals surface area contributed by atoms with Gasteiger partial charge in [-0.3, -0.25) is 0 Å². The summed E-state index contributed by atoms with van der Waals surface area (Å²) in [5.41, 5.74) is 7.37. The fourth-order valence-electron chi connectivity index (χ4n) is 6.20. The number of benzene rings is 6. The summed E-state index contributed by atoms with van der Waals surface area (Å²) < 4.78 is 0. The molecule has 1 heteroatoms. The molecule has 0 amide bonds. The first-order valence-electron chi connectivity index (χ1n) is 15.1. The van der Waals surface area contributed by atoms with Crippen molar-refractivity contribution in [1.82, 2.24) is 0 Å². The van der Waals surface area contributed by atoms with Gasteiger partial charge < -0.3 is 0 Å². The van der Waals surface area contributed by atoms with Crippen LogP contribution in [0.4, 0.5) is 0 Å². The van der Waals surface area contributed by atoms with Crippen LogP contribution < -0.4 is 0 Å². The number of hydrogen-bond acceptors (Lipinski definition) is 1. The van der Waals surface area contributed by atoms with E-state index in [1.165, 1.54) is 65.7 Å². The fourth-order valence-corrected chi connectivity index (χ4v) is 6.42. The van der Waals surface area contributed by atoms with E-state index >= 15 is 0 Å². The van der Waals surface area contributed by atoms with Gasteiger partial charge >= 0.3 is 0 Å². The largest absolute Gasteiger partial charge is 0.146 e.